The maximum Gasteiger partial charge on any atom is 0.421 e. The van der Waals surface area contributed by atoms with Crippen LogP contribution in [0.25, 0.3) is 22.3 Å². The molecule has 0 saturated heterocycles. The number of hydrogen-bond acceptors (Lipinski definition) is 4. The van der Waals surface area contributed by atoms with Crippen LogP contribution in [0.3, 0.4) is 0 Å². The minimum atomic E-state index is -0.192. The van der Waals surface area contributed by atoms with Crippen LogP contribution in [-0.2, 0) is 10.8 Å². The second-order valence-electron chi connectivity index (χ2n) is 16.9. The average molecular weight is 690 g/mol. The van der Waals surface area contributed by atoms with Gasteiger partial charge in [-0.3, -0.25) is 0 Å². The van der Waals surface area contributed by atoms with Crippen LogP contribution in [0.15, 0.2) is 146 Å². The summed E-state index contributed by atoms with van der Waals surface area (Å²) in [6.45, 7) is 9.63. The maximum absolute atomic E-state index is 2.67. The van der Waals surface area contributed by atoms with Gasteiger partial charge in [0.15, 0.2) is 0 Å². The normalized spacial score (nSPS) is 17.3. The van der Waals surface area contributed by atoms with Crippen molar-refractivity contribution in [3.63, 3.8) is 0 Å². The van der Waals surface area contributed by atoms with E-state index in [2.05, 4.69) is 193 Å². The number of para-hydroxylation sites is 4. The van der Waals surface area contributed by atoms with Crippen LogP contribution in [0.1, 0.15) is 49.9 Å². The third-order valence-electron chi connectivity index (χ3n) is 13.7. The molecule has 7 aromatic carbocycles. The molecule has 0 bridgehead atoms. The lowest BCUT2D eigenvalue weighted by Crippen LogP contribution is -2.57. The van der Waals surface area contributed by atoms with Gasteiger partial charge in [-0.15, -0.1) is 0 Å². The molecule has 254 valence electrons. The number of hydrogen-bond donors (Lipinski definition) is 0. The lowest BCUT2D eigenvalue weighted by atomic mass is 9.56. The fraction of sp³-hybridized carbons (Fsp3) is 0.125. The van der Waals surface area contributed by atoms with Gasteiger partial charge in [0.1, 0.15) is 0 Å². The Morgan fingerprint density at radius 3 is 1.06 bits per heavy atom. The van der Waals surface area contributed by atoms with Gasteiger partial charge in [-0.25, -0.2) is 0 Å². The maximum atomic E-state index is 2.67. The van der Waals surface area contributed by atoms with Crippen molar-refractivity contribution in [2.45, 2.75) is 38.5 Å². The smallest absolute Gasteiger partial charge is 0.360 e. The van der Waals surface area contributed by atoms with Gasteiger partial charge in [0, 0.05) is 44.7 Å². The predicted octanol–water partition coefficient (Wildman–Crippen LogP) is 10.3. The Labute approximate surface area is 317 Å². The molecule has 0 aliphatic carbocycles. The third-order valence-corrected chi connectivity index (χ3v) is 13.7. The molecule has 4 nitrogen and oxygen atoms in total. The fourth-order valence-electron chi connectivity index (χ4n) is 11.4. The van der Waals surface area contributed by atoms with E-state index >= 15 is 0 Å². The van der Waals surface area contributed by atoms with Crippen LogP contribution >= 0.6 is 0 Å². The zero-order chi connectivity index (χ0) is 35.8. The Balaban J connectivity index is 1.17. The summed E-state index contributed by atoms with van der Waals surface area (Å²) in [4.78, 5) is 10.7. The Hall–Kier alpha value is -6.13. The van der Waals surface area contributed by atoms with Gasteiger partial charge in [-0.2, -0.15) is 0 Å². The molecular weight excluding hydrogens is 654 g/mol. The van der Waals surface area contributed by atoms with Crippen molar-refractivity contribution in [2.75, 3.05) is 19.2 Å². The number of fused-ring (bicyclic) bond motifs is 16. The summed E-state index contributed by atoms with van der Waals surface area (Å²) in [5, 5.41) is 0. The van der Waals surface area contributed by atoms with Crippen molar-refractivity contribution in [1.29, 1.82) is 0 Å². The van der Waals surface area contributed by atoms with Crippen molar-refractivity contribution in [2.24, 2.45) is 0 Å². The van der Waals surface area contributed by atoms with E-state index in [0.29, 0.717) is 0 Å². The first kappa shape index (κ1) is 29.3. The molecule has 0 saturated carbocycles. The highest BCUT2D eigenvalue weighted by Crippen LogP contribution is 2.62. The van der Waals surface area contributed by atoms with Crippen molar-refractivity contribution in [1.82, 2.24) is 0 Å². The second kappa shape index (κ2) is 9.50. The quantitative estimate of drug-likeness (QED) is 0.147. The Kier molecular flexibility index (Phi) is 5.16. The molecule has 6 heterocycles. The van der Waals surface area contributed by atoms with E-state index < -0.39 is 0 Å². The molecule has 0 fully saturated rings. The summed E-state index contributed by atoms with van der Waals surface area (Å²) < 4.78 is 0. The van der Waals surface area contributed by atoms with Crippen LogP contribution in [0.2, 0.25) is 0 Å². The van der Waals surface area contributed by atoms with E-state index in [4.69, 9.17) is 0 Å². The van der Waals surface area contributed by atoms with Gasteiger partial charge in [0.2, 0.25) is 0 Å². The molecular formula is C48H36B2N4. The van der Waals surface area contributed by atoms with Crippen molar-refractivity contribution in [3.8, 4) is 22.3 Å². The van der Waals surface area contributed by atoms with Gasteiger partial charge < -0.3 is 19.2 Å². The van der Waals surface area contributed by atoms with Gasteiger partial charge >= 0.3 is 14.0 Å². The molecule has 6 aliphatic heterocycles. The predicted molar refractivity (Wildman–Crippen MR) is 227 cm³/mol. The van der Waals surface area contributed by atoms with Crippen molar-refractivity contribution < 1.29 is 0 Å². The molecule has 0 spiro atoms. The van der Waals surface area contributed by atoms with Crippen LogP contribution < -0.4 is 30.2 Å². The number of anilines is 8. The van der Waals surface area contributed by atoms with Crippen LogP contribution in [0.4, 0.5) is 45.5 Å². The first-order valence-corrected chi connectivity index (χ1v) is 19.4. The van der Waals surface area contributed by atoms with Gasteiger partial charge in [-0.1, -0.05) is 137 Å². The molecule has 0 radical (unpaired) electrons. The SMILES string of the molecule is CC1(C)c2ccccc2N2B3c4c(cccc41)-c1ccccc1N3c1cc3c(cc12)N1B2c4c(cccc4C(C)(C)c4ccccc4N23)-c2ccccc21. The standard InChI is InChI=1S/C48H36B2N4/c1-47(2)33-19-7-11-25-39(33)53-43-27-42-44(28-41(43)51-37-23-9-5-15-29(37)31-17-13-21-35(47)45(31)49(51)53)54-40-26-12-8-20-34(40)48(3,4)36-22-14-18-32-30-16-6-10-24-38(30)52(42)50(54)46(32)36/h5-28H,1-4H3. The molecule has 0 atom stereocenters. The summed E-state index contributed by atoms with van der Waals surface area (Å²) in [7, 11) is 0. The highest BCUT2D eigenvalue weighted by atomic mass is 15.3. The molecule has 6 heteroatoms. The van der Waals surface area contributed by atoms with Gasteiger partial charge in [-0.05, 0) is 80.7 Å². The van der Waals surface area contributed by atoms with E-state index in [9.17, 15) is 0 Å². The molecule has 13 rings (SSSR count). The lowest BCUT2D eigenvalue weighted by Gasteiger charge is -2.37. The van der Waals surface area contributed by atoms with E-state index in [1.54, 1.807) is 0 Å². The van der Waals surface area contributed by atoms with Crippen LogP contribution in [-0.4, -0.2) is 14.0 Å². The van der Waals surface area contributed by atoms with E-state index in [0.717, 1.165) is 0 Å². The molecule has 7 aromatic rings. The Morgan fingerprint density at radius 1 is 0.315 bits per heavy atom. The number of benzene rings is 7. The van der Waals surface area contributed by atoms with Crippen LogP contribution in [0, 0.1) is 0 Å². The largest absolute Gasteiger partial charge is 0.421 e. The third kappa shape index (κ3) is 3.20. The summed E-state index contributed by atoms with van der Waals surface area (Å²) in [5.74, 6) is 0. The second-order valence-corrected chi connectivity index (χ2v) is 16.9. The van der Waals surface area contributed by atoms with E-state index in [-0.39, 0.29) is 24.8 Å². The zero-order valence-electron chi connectivity index (χ0n) is 30.8. The van der Waals surface area contributed by atoms with Crippen LogP contribution in [0.5, 0.6) is 0 Å². The minimum absolute atomic E-state index is 0.0151. The molecule has 0 unspecified atom stereocenters. The van der Waals surface area contributed by atoms with Gasteiger partial charge in [0.25, 0.3) is 0 Å². The molecule has 0 amide bonds. The number of rotatable bonds is 0. The fourth-order valence-corrected chi connectivity index (χ4v) is 11.4. The topological polar surface area (TPSA) is 13.0 Å². The molecule has 54 heavy (non-hydrogen) atoms. The minimum Gasteiger partial charge on any atom is -0.360 e. The van der Waals surface area contributed by atoms with Gasteiger partial charge in [0.05, 0.1) is 22.7 Å². The zero-order valence-corrected chi connectivity index (χ0v) is 30.8. The molecule has 6 aliphatic rings. The monoisotopic (exact) mass is 690 g/mol. The van der Waals surface area contributed by atoms with Crippen molar-refractivity contribution >= 4 is 70.4 Å². The summed E-state index contributed by atoms with van der Waals surface area (Å²) in [6, 6.07) is 55.5. The first-order valence-electron chi connectivity index (χ1n) is 19.4. The van der Waals surface area contributed by atoms with E-state index in [1.165, 1.54) is 101 Å². The highest BCUT2D eigenvalue weighted by molar-refractivity contribution is 6.88. The van der Waals surface area contributed by atoms with Crippen molar-refractivity contribution in [3.05, 3.63) is 168 Å². The molecule has 0 N–H and O–H groups in total. The lowest BCUT2D eigenvalue weighted by molar-refractivity contribution is 0.648. The average Bonchev–Trinajstić information content (AvgIpc) is 3.67. The number of nitrogens with zero attached hydrogens (tertiary/aromatic N) is 4. The Morgan fingerprint density at radius 2 is 0.630 bits per heavy atom. The van der Waals surface area contributed by atoms with E-state index in [1.807, 2.05) is 0 Å². The Bertz CT molecular complexity index is 2660. The first-order chi connectivity index (χ1) is 26.4. The summed E-state index contributed by atoms with van der Waals surface area (Å²) in [5.41, 5.74) is 23.3. The molecule has 0 aromatic heterocycles. The highest BCUT2D eigenvalue weighted by Gasteiger charge is 2.57. The summed E-state index contributed by atoms with van der Waals surface area (Å²) >= 11 is 0. The summed E-state index contributed by atoms with van der Waals surface area (Å²) in [6.07, 6.45) is 0.